The van der Waals surface area contributed by atoms with E-state index in [0.29, 0.717) is 16.8 Å². The number of rotatable bonds is 3. The lowest BCUT2D eigenvalue weighted by Crippen LogP contribution is -2.60. The first kappa shape index (κ1) is 24.9. The summed E-state index contributed by atoms with van der Waals surface area (Å²) >= 11 is 14.2. The lowest BCUT2D eigenvalue weighted by atomic mass is 9.56. The summed E-state index contributed by atoms with van der Waals surface area (Å²) < 4.78 is 5.18. The minimum atomic E-state index is -1.90. The van der Waals surface area contributed by atoms with Crippen LogP contribution in [-0.2, 0) is 19.2 Å². The molecule has 2 aliphatic heterocycles. The molecule has 3 fully saturated rings. The van der Waals surface area contributed by atoms with Gasteiger partial charge in [-0.15, -0.1) is 23.2 Å². The number of amides is 4. The molecule has 0 unspecified atom stereocenters. The maximum absolute atomic E-state index is 13.9. The van der Waals surface area contributed by atoms with Crippen LogP contribution in [0.3, 0.4) is 0 Å². The van der Waals surface area contributed by atoms with Crippen molar-refractivity contribution in [1.82, 2.24) is 4.90 Å². The maximum Gasteiger partial charge on any atom is 0.253 e. The first-order valence-corrected chi connectivity index (χ1v) is 13.0. The van der Waals surface area contributed by atoms with Crippen molar-refractivity contribution in [2.45, 2.75) is 28.5 Å². The van der Waals surface area contributed by atoms with E-state index in [1.54, 1.807) is 42.5 Å². The van der Waals surface area contributed by atoms with Crippen LogP contribution >= 0.6 is 23.2 Å². The van der Waals surface area contributed by atoms with E-state index in [-0.39, 0.29) is 36.2 Å². The summed E-state index contributed by atoms with van der Waals surface area (Å²) in [6.07, 6.45) is 2.04. The Morgan fingerprint density at radius 1 is 0.974 bits per heavy atom. The van der Waals surface area contributed by atoms with Gasteiger partial charge in [-0.25, -0.2) is 0 Å². The average molecular weight is 555 g/mol. The van der Waals surface area contributed by atoms with Gasteiger partial charge >= 0.3 is 0 Å². The minimum absolute atomic E-state index is 0.0831. The van der Waals surface area contributed by atoms with E-state index >= 15 is 0 Å². The lowest BCUT2D eigenvalue weighted by molar-refractivity contribution is -0.138. The van der Waals surface area contributed by atoms with Gasteiger partial charge in [0.1, 0.15) is 0 Å². The smallest absolute Gasteiger partial charge is 0.253 e. The summed E-state index contributed by atoms with van der Waals surface area (Å²) in [5.74, 6) is -4.90. The fourth-order valence-electron chi connectivity index (χ4n) is 6.84. The zero-order valence-electron chi connectivity index (χ0n) is 20.6. The van der Waals surface area contributed by atoms with Gasteiger partial charge < -0.3 is 9.84 Å². The fraction of sp³-hybridized carbons (Fsp3) is 0.357. The summed E-state index contributed by atoms with van der Waals surface area (Å²) in [4.78, 5) is 52.7. The molecule has 2 aromatic carbocycles. The molecule has 2 saturated heterocycles. The van der Waals surface area contributed by atoms with Crippen LogP contribution in [0.1, 0.15) is 24.3 Å². The van der Waals surface area contributed by atoms with Crippen molar-refractivity contribution in [2.75, 3.05) is 19.1 Å². The second-order valence-electron chi connectivity index (χ2n) is 10.3. The zero-order chi connectivity index (χ0) is 27.1. The van der Waals surface area contributed by atoms with Gasteiger partial charge in [0.2, 0.25) is 11.8 Å². The van der Waals surface area contributed by atoms with Crippen molar-refractivity contribution < 1.29 is 29.0 Å². The first-order valence-electron chi connectivity index (χ1n) is 12.3. The van der Waals surface area contributed by atoms with Crippen molar-refractivity contribution in [3.63, 3.8) is 0 Å². The van der Waals surface area contributed by atoms with Crippen molar-refractivity contribution >= 4 is 52.5 Å². The van der Waals surface area contributed by atoms with Crippen molar-refractivity contribution in [3.8, 4) is 11.5 Å². The number of phenolic OH excluding ortho intramolecular Hbond substituents is 1. The van der Waals surface area contributed by atoms with Crippen LogP contribution < -0.4 is 9.64 Å². The molecule has 6 rings (SSSR count). The van der Waals surface area contributed by atoms with Crippen LogP contribution in [0.5, 0.6) is 11.5 Å². The van der Waals surface area contributed by atoms with Crippen LogP contribution in [0.15, 0.2) is 60.2 Å². The number of anilines is 1. The first-order chi connectivity index (χ1) is 18.1. The Balaban J connectivity index is 1.53. The number of carbonyl (C=O) groups excluding carboxylic acids is 4. The Hall–Kier alpha value is -3.36. The van der Waals surface area contributed by atoms with Crippen LogP contribution in [0, 0.1) is 17.8 Å². The van der Waals surface area contributed by atoms with E-state index in [1.165, 1.54) is 25.1 Å². The van der Waals surface area contributed by atoms with E-state index in [1.807, 2.05) is 6.08 Å². The highest BCUT2D eigenvalue weighted by Crippen LogP contribution is 2.65. The van der Waals surface area contributed by atoms with E-state index in [4.69, 9.17) is 27.9 Å². The van der Waals surface area contributed by atoms with E-state index in [9.17, 15) is 24.3 Å². The molecule has 0 radical (unpaired) electrons. The SMILES string of the molecule is COc1ccc([C@H]2C3=CC[C@@H]4C(=O)N(c5ccccc5)C(=O)[C@@H]4[C@@H]3C[C@@]3(Cl)C(=O)N(C)C(=O)[C@@]23Cl)cc1O. The number of phenols is 1. The van der Waals surface area contributed by atoms with Gasteiger partial charge in [0.05, 0.1) is 24.6 Å². The number of ether oxygens (including phenoxy) is 1. The number of methoxy groups -OCH3 is 1. The summed E-state index contributed by atoms with van der Waals surface area (Å²) in [5.41, 5.74) is 1.59. The number of alkyl halides is 2. The number of nitrogens with zero attached hydrogens (tertiary/aromatic N) is 2. The number of fused-ring (bicyclic) bond motifs is 4. The number of aromatic hydroxyl groups is 1. The molecule has 2 heterocycles. The second kappa shape index (κ2) is 8.32. The summed E-state index contributed by atoms with van der Waals surface area (Å²) in [5, 5.41) is 10.6. The molecule has 38 heavy (non-hydrogen) atoms. The monoisotopic (exact) mass is 554 g/mol. The second-order valence-corrected chi connectivity index (χ2v) is 11.5. The van der Waals surface area contributed by atoms with Crippen LogP contribution in [0.2, 0.25) is 0 Å². The molecule has 6 atom stereocenters. The molecule has 0 aromatic heterocycles. The third kappa shape index (κ3) is 2.98. The Morgan fingerprint density at radius 3 is 2.34 bits per heavy atom. The molecule has 10 heteroatoms. The third-order valence-corrected chi connectivity index (χ3v) is 9.98. The van der Waals surface area contributed by atoms with Gasteiger partial charge in [0.15, 0.2) is 21.2 Å². The summed E-state index contributed by atoms with van der Waals surface area (Å²) in [6, 6.07) is 13.3. The molecular formula is C28H24Cl2N2O6. The summed E-state index contributed by atoms with van der Waals surface area (Å²) in [6.45, 7) is 0. The highest BCUT2D eigenvalue weighted by molar-refractivity contribution is 6.53. The Bertz CT molecular complexity index is 1440. The number of hydrogen-bond acceptors (Lipinski definition) is 6. The topological polar surface area (TPSA) is 104 Å². The Kier molecular flexibility index (Phi) is 5.46. The lowest BCUT2D eigenvalue weighted by Gasteiger charge is -2.50. The normalized spacial score (nSPS) is 34.2. The van der Waals surface area contributed by atoms with Gasteiger partial charge in [-0.2, -0.15) is 0 Å². The molecule has 2 aromatic rings. The van der Waals surface area contributed by atoms with Crippen LogP contribution in [0.25, 0.3) is 0 Å². The third-order valence-electron chi connectivity index (χ3n) is 8.56. The van der Waals surface area contributed by atoms with Gasteiger partial charge in [0, 0.05) is 13.0 Å². The molecule has 8 nitrogen and oxygen atoms in total. The largest absolute Gasteiger partial charge is 0.504 e. The standard InChI is InChI=1S/C28H24Cl2N2O6/c1-31-25(36)27(29)13-18-16(22(28(27,30)26(31)37)14-8-11-20(38-2)19(33)12-14)9-10-17-21(18)24(35)32(23(17)34)15-6-4-3-5-7-15/h3-9,11-12,17-18,21-22,33H,10,13H2,1-2H3/t17-,18+,21-,22-,27+,28-/m0/s1. The highest BCUT2D eigenvalue weighted by atomic mass is 35.5. The predicted molar refractivity (Wildman–Crippen MR) is 139 cm³/mol. The van der Waals surface area contributed by atoms with Crippen molar-refractivity contribution in [1.29, 1.82) is 0 Å². The van der Waals surface area contributed by atoms with Crippen LogP contribution in [0.4, 0.5) is 5.69 Å². The van der Waals surface area contributed by atoms with Gasteiger partial charge in [-0.3, -0.25) is 29.0 Å². The molecular weight excluding hydrogens is 531 g/mol. The predicted octanol–water partition coefficient (Wildman–Crippen LogP) is 3.59. The minimum Gasteiger partial charge on any atom is -0.504 e. The average Bonchev–Trinajstić information content (AvgIpc) is 3.24. The molecule has 196 valence electrons. The maximum atomic E-state index is 13.9. The molecule has 1 saturated carbocycles. The fourth-order valence-corrected chi connectivity index (χ4v) is 7.86. The van der Waals surface area contributed by atoms with E-state index < -0.39 is 45.2 Å². The van der Waals surface area contributed by atoms with Gasteiger partial charge in [0.25, 0.3) is 11.8 Å². The number of halogens is 2. The Morgan fingerprint density at radius 2 is 1.68 bits per heavy atom. The molecule has 1 N–H and O–H groups in total. The molecule has 0 spiro atoms. The Labute approximate surface area is 228 Å². The van der Waals surface area contributed by atoms with Crippen molar-refractivity contribution in [3.05, 3.63) is 65.7 Å². The van der Waals surface area contributed by atoms with Crippen molar-refractivity contribution in [2.24, 2.45) is 17.8 Å². The van der Waals surface area contributed by atoms with Gasteiger partial charge in [-0.1, -0.05) is 35.9 Å². The number of benzene rings is 2. The van der Waals surface area contributed by atoms with Crippen LogP contribution in [-0.4, -0.2) is 57.5 Å². The quantitative estimate of drug-likeness (QED) is 0.353. The molecule has 0 bridgehead atoms. The number of likely N-dealkylation sites (tertiary alicyclic amines) is 1. The summed E-state index contributed by atoms with van der Waals surface area (Å²) in [7, 11) is 2.75. The number of para-hydroxylation sites is 1. The molecule has 4 amide bonds. The van der Waals surface area contributed by atoms with E-state index in [0.717, 1.165) is 4.90 Å². The number of hydrogen-bond donors (Lipinski definition) is 1. The zero-order valence-corrected chi connectivity index (χ0v) is 22.1. The number of carbonyl (C=O) groups is 4. The molecule has 2 aliphatic carbocycles. The van der Waals surface area contributed by atoms with Gasteiger partial charge in [-0.05, 0) is 48.6 Å². The van der Waals surface area contributed by atoms with E-state index in [2.05, 4.69) is 0 Å². The number of imide groups is 2. The molecule has 4 aliphatic rings. The highest BCUT2D eigenvalue weighted by Gasteiger charge is 2.75. The number of allylic oxidation sites excluding steroid dienone is 2.